The van der Waals surface area contributed by atoms with Crippen molar-refractivity contribution in [2.45, 2.75) is 6.54 Å². The number of hydrogen-bond acceptors (Lipinski definition) is 3. The predicted molar refractivity (Wildman–Crippen MR) is 65.3 cm³/mol. The van der Waals surface area contributed by atoms with Crippen LogP contribution >= 0.6 is 0 Å². The highest BCUT2D eigenvalue weighted by Gasteiger charge is 2.20. The second kappa shape index (κ2) is 5.93. The molecule has 0 radical (unpaired) electrons. The van der Waals surface area contributed by atoms with Gasteiger partial charge in [-0.25, -0.2) is 4.39 Å². The Morgan fingerprint density at radius 2 is 2.00 bits per heavy atom. The van der Waals surface area contributed by atoms with Crippen LogP contribution in [0, 0.1) is 5.82 Å². The van der Waals surface area contributed by atoms with Crippen molar-refractivity contribution in [2.75, 3.05) is 32.8 Å². The molecule has 4 nitrogen and oxygen atoms in total. The molecule has 1 saturated heterocycles. The summed E-state index contributed by atoms with van der Waals surface area (Å²) in [6.07, 6.45) is 0. The van der Waals surface area contributed by atoms with E-state index in [1.54, 1.807) is 11.0 Å². The number of hydrogen-bond donors (Lipinski definition) is 1. The highest BCUT2D eigenvalue weighted by atomic mass is 19.1. The number of carbonyl (C=O) groups excluding carboxylic acids is 1. The molecule has 0 atom stereocenters. The number of carbonyl (C=O) groups is 1. The van der Waals surface area contributed by atoms with Crippen molar-refractivity contribution in [3.63, 3.8) is 0 Å². The monoisotopic (exact) mass is 252 g/mol. The van der Waals surface area contributed by atoms with Crippen molar-refractivity contribution in [2.24, 2.45) is 0 Å². The third-order valence-electron chi connectivity index (χ3n) is 3.16. The number of aliphatic hydroxyl groups is 1. The smallest absolute Gasteiger partial charge is 0.248 e. The molecule has 1 fully saturated rings. The molecule has 98 valence electrons. The van der Waals surface area contributed by atoms with Gasteiger partial charge in [0.15, 0.2) is 0 Å². The van der Waals surface area contributed by atoms with E-state index in [0.29, 0.717) is 19.6 Å². The summed E-state index contributed by atoms with van der Waals surface area (Å²) in [6, 6.07) is 6.57. The first-order valence-corrected chi connectivity index (χ1v) is 6.04. The molecule has 0 spiro atoms. The number of benzene rings is 1. The standard InChI is InChI=1S/C13H17FN2O2/c14-12-3-1-2-11(8-12)9-15-4-6-16(7-5-15)13(18)10-17/h1-3,8,17H,4-7,9-10H2. The van der Waals surface area contributed by atoms with Gasteiger partial charge >= 0.3 is 0 Å². The van der Waals surface area contributed by atoms with Crippen LogP contribution in [0.1, 0.15) is 5.56 Å². The first kappa shape index (κ1) is 13.0. The lowest BCUT2D eigenvalue weighted by Crippen LogP contribution is -2.49. The van der Waals surface area contributed by atoms with Gasteiger partial charge in [0.2, 0.25) is 5.91 Å². The molecule has 0 saturated carbocycles. The SMILES string of the molecule is O=C(CO)N1CCN(Cc2cccc(F)c2)CC1. The molecule has 1 aliphatic rings. The molecular formula is C13H17FN2O2. The minimum Gasteiger partial charge on any atom is -0.387 e. The van der Waals surface area contributed by atoms with Crippen molar-refractivity contribution in [1.29, 1.82) is 0 Å². The summed E-state index contributed by atoms with van der Waals surface area (Å²) in [5.41, 5.74) is 0.942. The first-order chi connectivity index (χ1) is 8.69. The molecule has 5 heteroatoms. The second-order valence-corrected chi connectivity index (χ2v) is 4.44. The third kappa shape index (κ3) is 3.27. The number of piperazine rings is 1. The molecule has 1 aliphatic heterocycles. The minimum absolute atomic E-state index is 0.221. The van der Waals surface area contributed by atoms with E-state index in [4.69, 9.17) is 5.11 Å². The van der Waals surface area contributed by atoms with Crippen LogP contribution in [-0.4, -0.2) is 53.6 Å². The molecule has 0 aliphatic carbocycles. The van der Waals surface area contributed by atoms with Crippen molar-refractivity contribution >= 4 is 5.91 Å². The Balaban J connectivity index is 1.85. The highest BCUT2D eigenvalue weighted by molar-refractivity contribution is 5.77. The number of amides is 1. The van der Waals surface area contributed by atoms with Crippen LogP contribution in [0.2, 0.25) is 0 Å². The van der Waals surface area contributed by atoms with E-state index in [-0.39, 0.29) is 11.7 Å². The molecule has 1 N–H and O–H groups in total. The van der Waals surface area contributed by atoms with Crippen molar-refractivity contribution in [3.8, 4) is 0 Å². The van der Waals surface area contributed by atoms with E-state index in [1.165, 1.54) is 12.1 Å². The van der Waals surface area contributed by atoms with Gasteiger partial charge in [0.05, 0.1) is 0 Å². The maximum Gasteiger partial charge on any atom is 0.248 e. The van der Waals surface area contributed by atoms with Gasteiger partial charge in [-0.15, -0.1) is 0 Å². The van der Waals surface area contributed by atoms with Gasteiger partial charge in [-0.1, -0.05) is 12.1 Å². The largest absolute Gasteiger partial charge is 0.387 e. The van der Waals surface area contributed by atoms with Crippen LogP contribution in [0.3, 0.4) is 0 Å². The van der Waals surface area contributed by atoms with Crippen molar-refractivity contribution < 1.29 is 14.3 Å². The van der Waals surface area contributed by atoms with E-state index in [2.05, 4.69) is 4.90 Å². The molecule has 18 heavy (non-hydrogen) atoms. The molecule has 2 rings (SSSR count). The fourth-order valence-corrected chi connectivity index (χ4v) is 2.15. The topological polar surface area (TPSA) is 43.8 Å². The Morgan fingerprint density at radius 1 is 1.28 bits per heavy atom. The summed E-state index contributed by atoms with van der Waals surface area (Å²) < 4.78 is 13.0. The summed E-state index contributed by atoms with van der Waals surface area (Å²) in [7, 11) is 0. The lowest BCUT2D eigenvalue weighted by molar-refractivity contribution is -0.135. The summed E-state index contributed by atoms with van der Waals surface area (Å²) in [5, 5.41) is 8.77. The summed E-state index contributed by atoms with van der Waals surface area (Å²) in [5.74, 6) is -0.443. The van der Waals surface area contributed by atoms with Gasteiger partial charge in [0, 0.05) is 32.7 Å². The van der Waals surface area contributed by atoms with Crippen LogP contribution in [0.25, 0.3) is 0 Å². The molecule has 1 amide bonds. The number of aliphatic hydroxyl groups excluding tert-OH is 1. The maximum atomic E-state index is 13.0. The normalized spacial score (nSPS) is 16.9. The fourth-order valence-electron chi connectivity index (χ4n) is 2.15. The molecular weight excluding hydrogens is 235 g/mol. The zero-order valence-corrected chi connectivity index (χ0v) is 10.2. The van der Waals surface area contributed by atoms with Gasteiger partial charge in [0.25, 0.3) is 0 Å². The fraction of sp³-hybridized carbons (Fsp3) is 0.462. The molecule has 0 unspecified atom stereocenters. The van der Waals surface area contributed by atoms with Crippen LogP contribution in [0.4, 0.5) is 4.39 Å². The quantitative estimate of drug-likeness (QED) is 0.850. The van der Waals surface area contributed by atoms with E-state index >= 15 is 0 Å². The Hall–Kier alpha value is -1.46. The maximum absolute atomic E-state index is 13.0. The lowest BCUT2D eigenvalue weighted by Gasteiger charge is -2.34. The van der Waals surface area contributed by atoms with Gasteiger partial charge in [0.1, 0.15) is 12.4 Å². The van der Waals surface area contributed by atoms with Gasteiger partial charge in [-0.05, 0) is 17.7 Å². The Morgan fingerprint density at radius 3 is 2.61 bits per heavy atom. The lowest BCUT2D eigenvalue weighted by atomic mass is 10.2. The zero-order chi connectivity index (χ0) is 13.0. The van der Waals surface area contributed by atoms with Gasteiger partial charge < -0.3 is 10.0 Å². The Bertz CT molecular complexity index is 417. The summed E-state index contributed by atoms with van der Waals surface area (Å²) in [6.45, 7) is 3.01. The van der Waals surface area contributed by atoms with E-state index in [9.17, 15) is 9.18 Å². The molecule has 1 heterocycles. The van der Waals surface area contributed by atoms with Crippen molar-refractivity contribution in [3.05, 3.63) is 35.6 Å². The summed E-state index contributed by atoms with van der Waals surface area (Å²) in [4.78, 5) is 15.1. The third-order valence-corrected chi connectivity index (χ3v) is 3.16. The van der Waals surface area contributed by atoms with Crippen LogP contribution in [0.15, 0.2) is 24.3 Å². The van der Waals surface area contributed by atoms with E-state index in [1.807, 2.05) is 6.07 Å². The first-order valence-electron chi connectivity index (χ1n) is 6.04. The molecule has 1 aromatic rings. The second-order valence-electron chi connectivity index (χ2n) is 4.44. The van der Waals surface area contributed by atoms with Crippen LogP contribution < -0.4 is 0 Å². The van der Waals surface area contributed by atoms with E-state index < -0.39 is 6.61 Å². The van der Waals surface area contributed by atoms with Crippen LogP contribution in [-0.2, 0) is 11.3 Å². The minimum atomic E-state index is -0.427. The number of rotatable bonds is 3. The molecule has 0 bridgehead atoms. The van der Waals surface area contributed by atoms with Gasteiger partial charge in [-0.2, -0.15) is 0 Å². The number of halogens is 1. The zero-order valence-electron chi connectivity index (χ0n) is 10.2. The number of nitrogens with zero attached hydrogens (tertiary/aromatic N) is 2. The van der Waals surface area contributed by atoms with Crippen LogP contribution in [0.5, 0.6) is 0 Å². The predicted octanol–water partition coefficient (Wildman–Crippen LogP) is 0.462. The highest BCUT2D eigenvalue weighted by Crippen LogP contribution is 2.10. The molecule has 0 aromatic heterocycles. The Kier molecular flexibility index (Phi) is 4.28. The summed E-state index contributed by atoms with van der Waals surface area (Å²) >= 11 is 0. The Labute approximate surface area is 106 Å². The average molecular weight is 252 g/mol. The van der Waals surface area contributed by atoms with Crippen molar-refractivity contribution in [1.82, 2.24) is 9.80 Å². The van der Waals surface area contributed by atoms with E-state index in [0.717, 1.165) is 18.7 Å². The molecule has 1 aromatic carbocycles. The van der Waals surface area contributed by atoms with Gasteiger partial charge in [-0.3, -0.25) is 9.69 Å². The average Bonchev–Trinajstić information content (AvgIpc) is 2.39.